The monoisotopic (exact) mass is 303 g/mol. The minimum atomic E-state index is 0.331. The van der Waals surface area contributed by atoms with Gasteiger partial charge >= 0.3 is 0 Å². The summed E-state index contributed by atoms with van der Waals surface area (Å²) in [5, 5.41) is 19.2. The molecule has 5 heteroatoms. The summed E-state index contributed by atoms with van der Waals surface area (Å²) in [4.78, 5) is 5.48. The van der Waals surface area contributed by atoms with Crippen molar-refractivity contribution in [1.29, 1.82) is 10.5 Å². The van der Waals surface area contributed by atoms with Crippen molar-refractivity contribution in [3.63, 3.8) is 0 Å². The number of nitrogens with zero attached hydrogens (tertiary/aromatic N) is 3. The van der Waals surface area contributed by atoms with Gasteiger partial charge in [-0.3, -0.25) is 0 Å². The number of methoxy groups -OCH3 is 1. The normalized spacial score (nSPS) is 10.1. The highest BCUT2D eigenvalue weighted by Gasteiger charge is 2.14. The van der Waals surface area contributed by atoms with Gasteiger partial charge in [-0.15, -0.1) is 0 Å². The molecule has 2 aromatic carbocycles. The minimum absolute atomic E-state index is 0.331. The number of rotatable bonds is 3. The van der Waals surface area contributed by atoms with E-state index >= 15 is 0 Å². The van der Waals surface area contributed by atoms with Gasteiger partial charge in [-0.1, -0.05) is 0 Å². The van der Waals surface area contributed by atoms with E-state index in [9.17, 15) is 5.26 Å². The van der Waals surface area contributed by atoms with Crippen molar-refractivity contribution in [2.75, 3.05) is 14.2 Å². The van der Waals surface area contributed by atoms with Crippen LogP contribution < -0.4 is 9.57 Å². The lowest BCUT2D eigenvalue weighted by Gasteiger charge is -2.09. The second-order valence-corrected chi connectivity index (χ2v) is 4.92. The van der Waals surface area contributed by atoms with Crippen LogP contribution in [0, 0.1) is 22.7 Å². The predicted molar refractivity (Wildman–Crippen MR) is 85.9 cm³/mol. The summed E-state index contributed by atoms with van der Waals surface area (Å²) >= 11 is 0. The molecule has 0 aliphatic rings. The van der Waals surface area contributed by atoms with Crippen LogP contribution in [-0.4, -0.2) is 19.0 Å². The zero-order valence-corrected chi connectivity index (χ0v) is 12.7. The lowest BCUT2D eigenvalue weighted by molar-refractivity contribution is 0.183. The molecule has 0 aliphatic heterocycles. The molecule has 0 fully saturated rings. The van der Waals surface area contributed by atoms with Gasteiger partial charge in [0, 0.05) is 10.9 Å². The number of hydrogen-bond donors (Lipinski definition) is 0. The highest BCUT2D eigenvalue weighted by Crippen LogP contribution is 2.30. The Bertz CT molecular complexity index is 957. The molecule has 3 aromatic rings. The Kier molecular flexibility index (Phi) is 3.62. The second-order valence-electron chi connectivity index (χ2n) is 4.92. The largest absolute Gasteiger partial charge is 0.497 e. The molecule has 23 heavy (non-hydrogen) atoms. The lowest BCUT2D eigenvalue weighted by Crippen LogP contribution is -2.07. The molecular formula is C18H13N3O2. The van der Waals surface area contributed by atoms with Crippen LogP contribution in [-0.2, 0) is 0 Å². The molecule has 0 N–H and O–H groups in total. The number of nitriles is 2. The van der Waals surface area contributed by atoms with Crippen molar-refractivity contribution in [2.24, 2.45) is 0 Å². The third kappa shape index (κ3) is 2.35. The first kappa shape index (κ1) is 14.5. The number of hydrogen-bond acceptors (Lipinski definition) is 4. The molecule has 1 aromatic heterocycles. The Morgan fingerprint density at radius 1 is 0.913 bits per heavy atom. The zero-order valence-electron chi connectivity index (χ0n) is 12.7. The molecule has 0 spiro atoms. The number of aromatic nitrogens is 1. The van der Waals surface area contributed by atoms with Gasteiger partial charge < -0.3 is 9.57 Å². The minimum Gasteiger partial charge on any atom is -0.497 e. The van der Waals surface area contributed by atoms with E-state index in [2.05, 4.69) is 6.07 Å². The van der Waals surface area contributed by atoms with Crippen LogP contribution >= 0.6 is 0 Å². The van der Waals surface area contributed by atoms with E-state index in [-0.39, 0.29) is 0 Å². The number of benzene rings is 2. The summed E-state index contributed by atoms with van der Waals surface area (Å²) in [6.07, 6.45) is 0. The summed E-state index contributed by atoms with van der Waals surface area (Å²) in [5.41, 5.74) is 3.21. The third-order valence-electron chi connectivity index (χ3n) is 3.71. The Morgan fingerprint density at radius 2 is 1.57 bits per heavy atom. The maximum atomic E-state index is 9.19. The molecule has 0 saturated carbocycles. The van der Waals surface area contributed by atoms with E-state index in [0.29, 0.717) is 11.1 Å². The van der Waals surface area contributed by atoms with Gasteiger partial charge in [-0.05, 0) is 42.5 Å². The second kappa shape index (κ2) is 5.75. The first-order chi connectivity index (χ1) is 11.2. The smallest absolute Gasteiger partial charge is 0.118 e. The van der Waals surface area contributed by atoms with Gasteiger partial charge in [0.05, 0.1) is 29.4 Å². The van der Waals surface area contributed by atoms with Crippen molar-refractivity contribution < 1.29 is 9.57 Å². The molecular weight excluding hydrogens is 290 g/mol. The van der Waals surface area contributed by atoms with Crippen molar-refractivity contribution >= 4 is 10.9 Å². The fourth-order valence-electron chi connectivity index (χ4n) is 2.58. The van der Waals surface area contributed by atoms with E-state index in [1.165, 1.54) is 0 Å². The molecule has 0 unspecified atom stereocenters. The van der Waals surface area contributed by atoms with Gasteiger partial charge in [-0.2, -0.15) is 15.3 Å². The number of fused-ring (bicyclic) bond motifs is 1. The van der Waals surface area contributed by atoms with Crippen LogP contribution in [0.2, 0.25) is 0 Å². The predicted octanol–water partition coefficient (Wildman–Crippen LogP) is 3.12. The summed E-state index contributed by atoms with van der Waals surface area (Å²) in [6.45, 7) is 0. The fourth-order valence-corrected chi connectivity index (χ4v) is 2.58. The Labute approximate surface area is 133 Å². The highest BCUT2D eigenvalue weighted by atomic mass is 16.6. The first-order valence-electron chi connectivity index (χ1n) is 6.90. The van der Waals surface area contributed by atoms with E-state index in [4.69, 9.17) is 14.8 Å². The van der Waals surface area contributed by atoms with Crippen LogP contribution in [0.15, 0.2) is 42.5 Å². The molecule has 112 valence electrons. The van der Waals surface area contributed by atoms with Crippen molar-refractivity contribution in [3.05, 3.63) is 53.6 Å². The molecule has 0 aliphatic carbocycles. The van der Waals surface area contributed by atoms with Crippen LogP contribution in [0.25, 0.3) is 22.2 Å². The topological polar surface area (TPSA) is 71.0 Å². The third-order valence-corrected chi connectivity index (χ3v) is 3.71. The summed E-state index contributed by atoms with van der Waals surface area (Å²) in [6, 6.07) is 17.0. The first-order valence-corrected chi connectivity index (χ1v) is 6.90. The van der Waals surface area contributed by atoms with Crippen LogP contribution in [0.4, 0.5) is 0 Å². The SMILES string of the molecule is COc1ccc(-c2cc3cc(C#N)c(C#N)cc3n2OC)cc1. The molecule has 0 saturated heterocycles. The van der Waals surface area contributed by atoms with E-state index in [1.807, 2.05) is 36.4 Å². The van der Waals surface area contributed by atoms with Crippen LogP contribution in [0.5, 0.6) is 5.75 Å². The van der Waals surface area contributed by atoms with Gasteiger partial charge in [0.15, 0.2) is 0 Å². The van der Waals surface area contributed by atoms with Crippen molar-refractivity contribution in [2.45, 2.75) is 0 Å². The molecule has 0 atom stereocenters. The Morgan fingerprint density at radius 3 is 2.13 bits per heavy atom. The van der Waals surface area contributed by atoms with E-state index < -0.39 is 0 Å². The molecule has 0 amide bonds. The van der Waals surface area contributed by atoms with Crippen molar-refractivity contribution in [1.82, 2.24) is 4.73 Å². The lowest BCUT2D eigenvalue weighted by atomic mass is 10.1. The Balaban J connectivity index is 2.25. The van der Waals surface area contributed by atoms with Crippen LogP contribution in [0.3, 0.4) is 0 Å². The fraction of sp³-hybridized carbons (Fsp3) is 0.111. The maximum absolute atomic E-state index is 9.19. The molecule has 3 rings (SSSR count). The van der Waals surface area contributed by atoms with Crippen LogP contribution in [0.1, 0.15) is 11.1 Å². The van der Waals surface area contributed by atoms with Gasteiger partial charge in [0.2, 0.25) is 0 Å². The molecule has 0 radical (unpaired) electrons. The summed E-state index contributed by atoms with van der Waals surface area (Å²) in [5.74, 6) is 0.771. The van der Waals surface area contributed by atoms with Gasteiger partial charge in [0.25, 0.3) is 0 Å². The summed E-state index contributed by atoms with van der Waals surface area (Å²) < 4.78 is 6.82. The summed E-state index contributed by atoms with van der Waals surface area (Å²) in [7, 11) is 3.19. The average Bonchev–Trinajstić information content (AvgIpc) is 2.97. The van der Waals surface area contributed by atoms with E-state index in [1.54, 1.807) is 31.1 Å². The molecule has 5 nitrogen and oxygen atoms in total. The molecule has 1 heterocycles. The average molecular weight is 303 g/mol. The van der Waals surface area contributed by atoms with Gasteiger partial charge in [0.1, 0.15) is 25.0 Å². The van der Waals surface area contributed by atoms with Crippen molar-refractivity contribution in [3.8, 4) is 29.1 Å². The quantitative estimate of drug-likeness (QED) is 0.745. The standard InChI is InChI=1S/C18H13N3O2/c1-22-16-5-3-12(4-6-16)17-8-13-7-14(10-19)15(11-20)9-18(13)21(17)23-2/h3-9H,1-2H3. The van der Waals surface area contributed by atoms with Gasteiger partial charge in [-0.25, -0.2) is 0 Å². The number of ether oxygens (including phenoxy) is 1. The molecule has 0 bridgehead atoms. The zero-order chi connectivity index (χ0) is 16.4. The van der Waals surface area contributed by atoms with E-state index in [0.717, 1.165) is 27.9 Å². The Hall–Kier alpha value is -3.44. The maximum Gasteiger partial charge on any atom is 0.118 e. The highest BCUT2D eigenvalue weighted by molar-refractivity contribution is 5.89.